The van der Waals surface area contributed by atoms with E-state index in [1.807, 2.05) is 20.8 Å². The lowest BCUT2D eigenvalue weighted by molar-refractivity contribution is 0.0560. The SMILES string of the molecule is CC(C)(C)OC(=O)NC(=NC(=O)OCCCCN(C(=O)O)C(C)(C)C)n1cccn1. The first kappa shape index (κ1) is 24.9. The molecule has 1 heterocycles. The van der Waals surface area contributed by atoms with Crippen LogP contribution in [0.25, 0.3) is 0 Å². The summed E-state index contributed by atoms with van der Waals surface area (Å²) in [6.07, 6.45) is 1.22. The number of nitrogens with zero attached hydrogens (tertiary/aromatic N) is 4. The smallest absolute Gasteiger partial charge is 0.436 e. The van der Waals surface area contributed by atoms with Crippen molar-refractivity contribution in [1.82, 2.24) is 20.0 Å². The van der Waals surface area contributed by atoms with E-state index in [1.165, 1.54) is 22.0 Å². The lowest BCUT2D eigenvalue weighted by Gasteiger charge is -2.33. The highest BCUT2D eigenvalue weighted by Crippen LogP contribution is 2.14. The van der Waals surface area contributed by atoms with Gasteiger partial charge in [0.15, 0.2) is 0 Å². The third kappa shape index (κ3) is 9.39. The maximum atomic E-state index is 12.0. The third-order valence-corrected chi connectivity index (χ3v) is 3.57. The molecule has 1 aromatic rings. The summed E-state index contributed by atoms with van der Waals surface area (Å²) in [7, 11) is 0. The predicted molar refractivity (Wildman–Crippen MR) is 109 cm³/mol. The van der Waals surface area contributed by atoms with Crippen LogP contribution in [0.2, 0.25) is 0 Å². The first-order valence-electron chi connectivity index (χ1n) is 9.55. The summed E-state index contributed by atoms with van der Waals surface area (Å²) in [4.78, 5) is 40.4. The lowest BCUT2D eigenvalue weighted by atomic mass is 10.1. The second-order valence-corrected chi connectivity index (χ2v) is 8.44. The van der Waals surface area contributed by atoms with Gasteiger partial charge >= 0.3 is 18.3 Å². The van der Waals surface area contributed by atoms with Crippen molar-refractivity contribution >= 4 is 24.2 Å². The van der Waals surface area contributed by atoms with Gasteiger partial charge in [-0.3, -0.25) is 5.32 Å². The second-order valence-electron chi connectivity index (χ2n) is 8.44. The molecule has 3 amide bonds. The molecule has 0 atom stereocenters. The van der Waals surface area contributed by atoms with E-state index < -0.39 is 29.4 Å². The minimum atomic E-state index is -0.999. The molecule has 11 nitrogen and oxygen atoms in total. The average molecular weight is 425 g/mol. The number of aromatic nitrogens is 2. The van der Waals surface area contributed by atoms with Gasteiger partial charge < -0.3 is 19.5 Å². The van der Waals surface area contributed by atoms with Crippen LogP contribution in [0.3, 0.4) is 0 Å². The van der Waals surface area contributed by atoms with Crippen molar-refractivity contribution in [1.29, 1.82) is 0 Å². The number of amides is 3. The highest BCUT2D eigenvalue weighted by atomic mass is 16.6. The van der Waals surface area contributed by atoms with Gasteiger partial charge in [0.05, 0.1) is 6.61 Å². The number of alkyl carbamates (subject to hydrolysis) is 1. The molecular weight excluding hydrogens is 394 g/mol. The maximum Gasteiger partial charge on any atom is 0.436 e. The zero-order chi connectivity index (χ0) is 22.9. The second kappa shape index (κ2) is 10.6. The quantitative estimate of drug-likeness (QED) is 0.420. The Balaban J connectivity index is 2.60. The van der Waals surface area contributed by atoms with E-state index in [0.717, 1.165) is 0 Å². The minimum Gasteiger partial charge on any atom is -0.465 e. The van der Waals surface area contributed by atoms with E-state index in [4.69, 9.17) is 9.47 Å². The van der Waals surface area contributed by atoms with E-state index in [9.17, 15) is 19.5 Å². The first-order chi connectivity index (χ1) is 13.8. The number of nitrogens with one attached hydrogen (secondary N) is 1. The van der Waals surface area contributed by atoms with Gasteiger partial charge in [-0.15, -0.1) is 4.99 Å². The molecule has 0 aliphatic heterocycles. The van der Waals surface area contributed by atoms with Gasteiger partial charge in [-0.25, -0.2) is 19.1 Å². The van der Waals surface area contributed by atoms with Crippen LogP contribution in [-0.2, 0) is 9.47 Å². The number of carbonyl (C=O) groups is 3. The van der Waals surface area contributed by atoms with E-state index in [1.54, 1.807) is 26.8 Å². The number of carboxylic acid groups (broad SMARTS) is 1. The molecule has 1 rings (SSSR count). The van der Waals surface area contributed by atoms with Crippen LogP contribution in [-0.4, -0.2) is 68.3 Å². The highest BCUT2D eigenvalue weighted by molar-refractivity contribution is 5.99. The van der Waals surface area contributed by atoms with Crippen LogP contribution >= 0.6 is 0 Å². The predicted octanol–water partition coefficient (Wildman–Crippen LogP) is 3.31. The van der Waals surface area contributed by atoms with Gasteiger partial charge in [-0.2, -0.15) is 5.10 Å². The molecule has 11 heteroatoms. The highest BCUT2D eigenvalue weighted by Gasteiger charge is 2.25. The summed E-state index contributed by atoms with van der Waals surface area (Å²) in [5.41, 5.74) is -1.24. The van der Waals surface area contributed by atoms with E-state index >= 15 is 0 Å². The van der Waals surface area contributed by atoms with Crippen LogP contribution in [0, 0.1) is 0 Å². The van der Waals surface area contributed by atoms with Gasteiger partial charge in [0.1, 0.15) is 5.60 Å². The van der Waals surface area contributed by atoms with Crippen LogP contribution in [0.1, 0.15) is 54.4 Å². The van der Waals surface area contributed by atoms with Gasteiger partial charge in [0.2, 0.25) is 5.96 Å². The number of hydrogen-bond acceptors (Lipinski definition) is 6. The molecule has 30 heavy (non-hydrogen) atoms. The summed E-state index contributed by atoms with van der Waals surface area (Å²) in [5.74, 6) is -0.163. The molecule has 0 aliphatic carbocycles. The van der Waals surface area contributed by atoms with Gasteiger partial charge in [-0.1, -0.05) is 0 Å². The summed E-state index contributed by atoms with van der Waals surface area (Å²) in [6.45, 7) is 10.9. The fourth-order valence-corrected chi connectivity index (χ4v) is 2.29. The van der Waals surface area contributed by atoms with Crippen LogP contribution in [0.5, 0.6) is 0 Å². The van der Waals surface area contributed by atoms with Crippen LogP contribution in [0.4, 0.5) is 14.4 Å². The Morgan fingerprint density at radius 3 is 2.33 bits per heavy atom. The average Bonchev–Trinajstić information content (AvgIpc) is 3.08. The Morgan fingerprint density at radius 1 is 1.17 bits per heavy atom. The summed E-state index contributed by atoms with van der Waals surface area (Å²) >= 11 is 0. The molecule has 1 aromatic heterocycles. The Hall–Kier alpha value is -3.11. The fraction of sp³-hybridized carbons (Fsp3) is 0.632. The summed E-state index contributed by atoms with van der Waals surface area (Å²) in [5, 5.41) is 15.6. The number of carbonyl (C=O) groups excluding carboxylic acids is 2. The molecule has 0 fully saturated rings. The standard InChI is InChI=1S/C19H31N5O6/c1-18(2,3)23(17(27)28)11-7-8-13-29-15(25)21-14(24-12-9-10-20-24)22-16(26)30-19(4,5)6/h9-10,12H,7-8,11,13H2,1-6H3,(H,27,28)(H,21,22,25,26). The van der Waals surface area contributed by atoms with Crippen molar-refractivity contribution in [2.75, 3.05) is 13.2 Å². The van der Waals surface area contributed by atoms with Crippen molar-refractivity contribution in [2.45, 2.75) is 65.5 Å². The summed E-state index contributed by atoms with van der Waals surface area (Å²) < 4.78 is 11.4. The number of unbranched alkanes of at least 4 members (excludes halogenated alkanes) is 1. The van der Waals surface area contributed by atoms with Crippen LogP contribution < -0.4 is 5.32 Å². The number of rotatable bonds is 5. The Bertz CT molecular complexity index is 746. The van der Waals surface area contributed by atoms with Crippen LogP contribution in [0.15, 0.2) is 23.5 Å². The fourth-order valence-electron chi connectivity index (χ4n) is 2.29. The van der Waals surface area contributed by atoms with Crippen molar-refractivity contribution in [3.63, 3.8) is 0 Å². The molecule has 0 aliphatic rings. The maximum absolute atomic E-state index is 12.0. The molecule has 2 N–H and O–H groups in total. The van der Waals surface area contributed by atoms with Gasteiger partial charge in [0.25, 0.3) is 0 Å². The molecule has 0 saturated heterocycles. The molecule has 0 bridgehead atoms. The lowest BCUT2D eigenvalue weighted by Crippen LogP contribution is -2.45. The Labute approximate surface area is 176 Å². The molecule has 168 valence electrons. The number of hydrogen-bond donors (Lipinski definition) is 2. The normalized spacial score (nSPS) is 12.3. The summed E-state index contributed by atoms with van der Waals surface area (Å²) in [6, 6.07) is 1.60. The zero-order valence-corrected chi connectivity index (χ0v) is 18.3. The van der Waals surface area contributed by atoms with Crippen molar-refractivity contribution in [3.05, 3.63) is 18.5 Å². The van der Waals surface area contributed by atoms with Crippen molar-refractivity contribution in [3.8, 4) is 0 Å². The first-order valence-corrected chi connectivity index (χ1v) is 9.55. The molecule has 0 aromatic carbocycles. The molecular formula is C19H31N5O6. The van der Waals surface area contributed by atoms with Gasteiger partial charge in [-0.05, 0) is 60.5 Å². The van der Waals surface area contributed by atoms with E-state index in [0.29, 0.717) is 19.4 Å². The Kier molecular flexibility index (Phi) is 8.81. The minimum absolute atomic E-state index is 0.0543. The topological polar surface area (TPSA) is 135 Å². The van der Waals surface area contributed by atoms with Gasteiger partial charge in [0, 0.05) is 24.5 Å². The molecule has 0 saturated carbocycles. The monoisotopic (exact) mass is 425 g/mol. The molecule has 0 unspecified atom stereocenters. The van der Waals surface area contributed by atoms with E-state index in [2.05, 4.69) is 15.4 Å². The number of aliphatic imine (C=N–C) groups is 1. The molecule has 0 spiro atoms. The Morgan fingerprint density at radius 2 is 1.83 bits per heavy atom. The third-order valence-electron chi connectivity index (χ3n) is 3.57. The van der Waals surface area contributed by atoms with Crippen molar-refractivity contribution in [2.24, 2.45) is 4.99 Å². The number of ether oxygens (including phenoxy) is 2. The van der Waals surface area contributed by atoms with E-state index in [-0.39, 0.29) is 12.6 Å². The zero-order valence-electron chi connectivity index (χ0n) is 18.3. The molecule has 0 radical (unpaired) electrons. The largest absolute Gasteiger partial charge is 0.465 e. The van der Waals surface area contributed by atoms with Crippen molar-refractivity contribution < 1.29 is 29.0 Å².